The number of hydrogen-bond donors (Lipinski definition) is 1. The Morgan fingerprint density at radius 2 is 1.86 bits per heavy atom. The fraction of sp³-hybridized carbons (Fsp3) is 1.00. The van der Waals surface area contributed by atoms with E-state index in [1.54, 1.807) is 0 Å². The number of nitrogens with one attached hydrogen (secondary N) is 1. The van der Waals surface area contributed by atoms with Gasteiger partial charge in [0.05, 0.1) is 0 Å². The van der Waals surface area contributed by atoms with Gasteiger partial charge in [-0.25, -0.2) is 0 Å². The van der Waals surface area contributed by atoms with E-state index in [2.05, 4.69) is 10.2 Å². The normalized spacial score (nSPS) is 33.4. The monoisotopic (exact) mass is 194 g/mol. The van der Waals surface area contributed by atoms with E-state index >= 15 is 0 Å². The summed E-state index contributed by atoms with van der Waals surface area (Å²) in [7, 11) is 0. The van der Waals surface area contributed by atoms with Crippen LogP contribution < -0.4 is 5.32 Å². The summed E-state index contributed by atoms with van der Waals surface area (Å²) in [5.74, 6) is 0. The van der Waals surface area contributed by atoms with Gasteiger partial charge in [-0.15, -0.1) is 0 Å². The van der Waals surface area contributed by atoms with Crippen LogP contribution in [0.1, 0.15) is 44.9 Å². The Morgan fingerprint density at radius 3 is 2.57 bits per heavy atom. The maximum absolute atomic E-state index is 3.62. The Morgan fingerprint density at radius 1 is 1.07 bits per heavy atom. The van der Waals surface area contributed by atoms with Gasteiger partial charge in [-0.3, -0.25) is 4.90 Å². The molecule has 1 saturated heterocycles. The lowest BCUT2D eigenvalue weighted by molar-refractivity contribution is 0.0206. The van der Waals surface area contributed by atoms with Gasteiger partial charge in [0.1, 0.15) is 0 Å². The van der Waals surface area contributed by atoms with Crippen LogP contribution in [0.3, 0.4) is 0 Å². The number of rotatable bonds is 1. The molecule has 0 atom stereocenters. The standard InChI is InChI=1S/C12H22N2/c1-2-6-12(7-3-1)10-13-8-9-14(12)11-4-5-11/h11,13H,1-10H2. The molecule has 3 rings (SSSR count). The van der Waals surface area contributed by atoms with Gasteiger partial charge in [0.25, 0.3) is 0 Å². The third-order valence-corrected chi connectivity index (χ3v) is 4.36. The Hall–Kier alpha value is -0.0800. The molecule has 3 fully saturated rings. The molecule has 0 unspecified atom stereocenters. The molecule has 0 radical (unpaired) electrons. The van der Waals surface area contributed by atoms with Crippen molar-refractivity contribution in [1.29, 1.82) is 0 Å². The molecule has 1 aliphatic heterocycles. The van der Waals surface area contributed by atoms with Crippen molar-refractivity contribution in [3.63, 3.8) is 0 Å². The number of nitrogens with zero attached hydrogens (tertiary/aromatic N) is 1. The zero-order valence-electron chi connectivity index (χ0n) is 9.10. The molecule has 0 bridgehead atoms. The van der Waals surface area contributed by atoms with Crippen LogP contribution in [-0.2, 0) is 0 Å². The van der Waals surface area contributed by atoms with Crippen molar-refractivity contribution in [2.45, 2.75) is 56.5 Å². The fourth-order valence-corrected chi connectivity index (χ4v) is 3.49. The molecule has 0 aromatic rings. The molecule has 14 heavy (non-hydrogen) atoms. The largest absolute Gasteiger partial charge is 0.314 e. The van der Waals surface area contributed by atoms with Gasteiger partial charge >= 0.3 is 0 Å². The summed E-state index contributed by atoms with van der Waals surface area (Å²) in [5.41, 5.74) is 0.581. The van der Waals surface area contributed by atoms with E-state index in [9.17, 15) is 0 Å². The van der Waals surface area contributed by atoms with Crippen LogP contribution in [0.25, 0.3) is 0 Å². The summed E-state index contributed by atoms with van der Waals surface area (Å²) >= 11 is 0. The predicted octanol–water partition coefficient (Wildman–Crippen LogP) is 1.76. The quantitative estimate of drug-likeness (QED) is 0.684. The van der Waals surface area contributed by atoms with Crippen molar-refractivity contribution in [1.82, 2.24) is 10.2 Å². The van der Waals surface area contributed by atoms with Crippen LogP contribution >= 0.6 is 0 Å². The number of hydrogen-bond acceptors (Lipinski definition) is 2. The summed E-state index contributed by atoms with van der Waals surface area (Å²) in [6.07, 6.45) is 10.3. The van der Waals surface area contributed by atoms with E-state index in [1.807, 2.05) is 0 Å². The van der Waals surface area contributed by atoms with Gasteiger partial charge in [-0.2, -0.15) is 0 Å². The molecule has 1 heterocycles. The zero-order chi connectivity index (χ0) is 9.43. The van der Waals surface area contributed by atoms with Crippen LogP contribution in [0.4, 0.5) is 0 Å². The van der Waals surface area contributed by atoms with Crippen molar-refractivity contribution >= 4 is 0 Å². The van der Waals surface area contributed by atoms with Crippen molar-refractivity contribution in [3.05, 3.63) is 0 Å². The van der Waals surface area contributed by atoms with Crippen LogP contribution in [0.5, 0.6) is 0 Å². The molecule has 0 aromatic carbocycles. The second-order valence-corrected chi connectivity index (χ2v) is 5.39. The third-order valence-electron chi connectivity index (χ3n) is 4.36. The first-order chi connectivity index (χ1) is 6.91. The number of piperazine rings is 1. The van der Waals surface area contributed by atoms with Crippen molar-refractivity contribution in [3.8, 4) is 0 Å². The molecular weight excluding hydrogens is 172 g/mol. The first-order valence-corrected chi connectivity index (χ1v) is 6.38. The molecule has 0 amide bonds. The molecule has 1 N–H and O–H groups in total. The molecule has 80 valence electrons. The Balaban J connectivity index is 1.77. The smallest absolute Gasteiger partial charge is 0.0337 e. The van der Waals surface area contributed by atoms with Gasteiger partial charge in [0, 0.05) is 31.2 Å². The molecule has 3 aliphatic rings. The minimum absolute atomic E-state index is 0.581. The van der Waals surface area contributed by atoms with Crippen LogP contribution in [0.2, 0.25) is 0 Å². The van der Waals surface area contributed by atoms with Crippen LogP contribution in [0.15, 0.2) is 0 Å². The minimum atomic E-state index is 0.581. The predicted molar refractivity (Wildman–Crippen MR) is 58.4 cm³/mol. The van der Waals surface area contributed by atoms with Crippen molar-refractivity contribution in [2.24, 2.45) is 0 Å². The lowest BCUT2D eigenvalue weighted by Crippen LogP contribution is -2.62. The summed E-state index contributed by atoms with van der Waals surface area (Å²) in [6, 6.07) is 0.968. The summed E-state index contributed by atoms with van der Waals surface area (Å²) in [6.45, 7) is 3.80. The fourth-order valence-electron chi connectivity index (χ4n) is 3.49. The van der Waals surface area contributed by atoms with E-state index in [1.165, 1.54) is 64.6 Å². The zero-order valence-corrected chi connectivity index (χ0v) is 9.10. The lowest BCUT2D eigenvalue weighted by Gasteiger charge is -2.50. The van der Waals surface area contributed by atoms with E-state index in [4.69, 9.17) is 0 Å². The van der Waals surface area contributed by atoms with E-state index in [0.717, 1.165) is 6.04 Å². The van der Waals surface area contributed by atoms with E-state index in [-0.39, 0.29) is 0 Å². The van der Waals surface area contributed by atoms with Crippen molar-refractivity contribution in [2.75, 3.05) is 19.6 Å². The first-order valence-electron chi connectivity index (χ1n) is 6.38. The highest BCUT2D eigenvalue weighted by Crippen LogP contribution is 2.41. The van der Waals surface area contributed by atoms with Crippen LogP contribution in [-0.4, -0.2) is 36.1 Å². The van der Waals surface area contributed by atoms with Gasteiger partial charge in [0.15, 0.2) is 0 Å². The summed E-state index contributed by atoms with van der Waals surface area (Å²) in [4.78, 5) is 2.86. The molecule has 2 heteroatoms. The SMILES string of the molecule is C1CCC2(CC1)CNCCN2C1CC1. The molecule has 2 nitrogen and oxygen atoms in total. The highest BCUT2D eigenvalue weighted by atomic mass is 15.3. The molecular formula is C12H22N2. The average molecular weight is 194 g/mol. The maximum Gasteiger partial charge on any atom is 0.0337 e. The van der Waals surface area contributed by atoms with Crippen LogP contribution in [0, 0.1) is 0 Å². The average Bonchev–Trinajstić information content (AvgIpc) is 3.03. The third kappa shape index (κ3) is 1.49. The minimum Gasteiger partial charge on any atom is -0.314 e. The van der Waals surface area contributed by atoms with Gasteiger partial charge < -0.3 is 5.32 Å². The van der Waals surface area contributed by atoms with Gasteiger partial charge in [-0.05, 0) is 25.7 Å². The summed E-state index contributed by atoms with van der Waals surface area (Å²) < 4.78 is 0. The second-order valence-electron chi connectivity index (χ2n) is 5.39. The van der Waals surface area contributed by atoms with E-state index < -0.39 is 0 Å². The Bertz CT molecular complexity index is 196. The van der Waals surface area contributed by atoms with Crippen molar-refractivity contribution < 1.29 is 0 Å². The Kier molecular flexibility index (Phi) is 2.29. The highest BCUT2D eigenvalue weighted by molar-refractivity contribution is 5.03. The maximum atomic E-state index is 3.62. The first kappa shape index (κ1) is 9.17. The molecule has 2 aliphatic carbocycles. The Labute approximate surface area is 87.0 Å². The molecule has 0 aromatic heterocycles. The highest BCUT2D eigenvalue weighted by Gasteiger charge is 2.45. The topological polar surface area (TPSA) is 15.3 Å². The molecule has 2 saturated carbocycles. The van der Waals surface area contributed by atoms with Gasteiger partial charge in [-0.1, -0.05) is 19.3 Å². The lowest BCUT2D eigenvalue weighted by atomic mass is 9.79. The van der Waals surface area contributed by atoms with E-state index in [0.29, 0.717) is 5.54 Å². The van der Waals surface area contributed by atoms with Gasteiger partial charge in [0.2, 0.25) is 0 Å². The molecule has 1 spiro atoms. The second kappa shape index (κ2) is 3.49. The summed E-state index contributed by atoms with van der Waals surface area (Å²) in [5, 5.41) is 3.62.